The van der Waals surface area contributed by atoms with Gasteiger partial charge in [0.25, 0.3) is 0 Å². The molecule has 6 heteroatoms. The van der Waals surface area contributed by atoms with Crippen LogP contribution in [-0.4, -0.2) is 52.3 Å². The normalized spacial score (nSPS) is 9.93. The molecule has 0 aromatic heterocycles. The number of hydrogen-bond donors (Lipinski definition) is 2. The Morgan fingerprint density at radius 1 is 1.20 bits per heavy atom. The number of unbranched alkanes of at least 4 members (excludes halogenated alkanes) is 1. The number of nitrogens with zero attached hydrogens (tertiary/aromatic N) is 1. The molecule has 0 aliphatic rings. The Bertz CT molecular complexity index is 210. The van der Waals surface area contributed by atoms with Crippen molar-refractivity contribution in [3.63, 3.8) is 0 Å². The van der Waals surface area contributed by atoms with Crippen LogP contribution in [0.5, 0.6) is 0 Å². The van der Waals surface area contributed by atoms with Gasteiger partial charge in [-0.2, -0.15) is 11.8 Å². The number of carboxylic acids is 1. The molecule has 2 N–H and O–H groups in total. The largest absolute Gasteiger partial charge is 0.481 e. The smallest absolute Gasteiger partial charge is 0.407 e. The van der Waals surface area contributed by atoms with Gasteiger partial charge in [-0.05, 0) is 18.6 Å². The maximum Gasteiger partial charge on any atom is 0.407 e. The minimum atomic E-state index is -0.915. The minimum absolute atomic E-state index is 0.218. The zero-order chi connectivity index (χ0) is 11.7. The Hall–Kier alpha value is -0.910. The third kappa shape index (κ3) is 9.40. The average Bonchev–Trinajstić information content (AvgIpc) is 2.15. The monoisotopic (exact) mass is 235 g/mol. The average molecular weight is 235 g/mol. The summed E-state index contributed by atoms with van der Waals surface area (Å²) in [4.78, 5) is 21.8. The summed E-state index contributed by atoms with van der Waals surface area (Å²) in [6, 6.07) is 0. The molecule has 0 bridgehead atoms. The maximum absolute atomic E-state index is 10.4. The number of aliphatic carboxylic acids is 1. The van der Waals surface area contributed by atoms with E-state index in [1.165, 1.54) is 11.9 Å². The Balaban J connectivity index is 3.18. The lowest BCUT2D eigenvalue weighted by Crippen LogP contribution is -2.26. The van der Waals surface area contributed by atoms with Gasteiger partial charge in [-0.15, -0.1) is 0 Å². The fraction of sp³-hybridized carbons (Fsp3) is 0.778. The zero-order valence-corrected chi connectivity index (χ0v) is 9.63. The van der Waals surface area contributed by atoms with Crippen LogP contribution < -0.4 is 0 Å². The summed E-state index contributed by atoms with van der Waals surface area (Å²) >= 11 is 1.65. The number of rotatable bonds is 8. The molecule has 0 aliphatic carbocycles. The SMILES string of the molecule is CN(CCSCCCCC(=O)O)C(=O)O. The molecule has 1 amide bonds. The lowest BCUT2D eigenvalue weighted by molar-refractivity contribution is -0.137. The Labute approximate surface area is 93.5 Å². The molecule has 0 fully saturated rings. The summed E-state index contributed by atoms with van der Waals surface area (Å²) in [5.74, 6) is 0.891. The Kier molecular flexibility index (Phi) is 7.89. The van der Waals surface area contributed by atoms with Crippen LogP contribution in [-0.2, 0) is 4.79 Å². The highest BCUT2D eigenvalue weighted by Crippen LogP contribution is 2.06. The lowest BCUT2D eigenvalue weighted by Gasteiger charge is -2.11. The van der Waals surface area contributed by atoms with Crippen LogP contribution in [0.1, 0.15) is 19.3 Å². The van der Waals surface area contributed by atoms with Crippen molar-refractivity contribution >= 4 is 23.8 Å². The van der Waals surface area contributed by atoms with Gasteiger partial charge in [0.2, 0.25) is 0 Å². The van der Waals surface area contributed by atoms with Crippen molar-refractivity contribution in [1.29, 1.82) is 0 Å². The number of amides is 1. The van der Waals surface area contributed by atoms with Crippen LogP contribution in [0.25, 0.3) is 0 Å². The molecule has 0 aromatic carbocycles. The van der Waals surface area contributed by atoms with E-state index in [1.54, 1.807) is 11.8 Å². The topological polar surface area (TPSA) is 77.8 Å². The van der Waals surface area contributed by atoms with Crippen LogP contribution in [0, 0.1) is 0 Å². The molecule has 0 radical (unpaired) electrons. The minimum Gasteiger partial charge on any atom is -0.481 e. The highest BCUT2D eigenvalue weighted by atomic mass is 32.2. The van der Waals surface area contributed by atoms with Crippen LogP contribution in [0.4, 0.5) is 4.79 Å². The second-order valence-electron chi connectivity index (χ2n) is 3.17. The summed E-state index contributed by atoms with van der Waals surface area (Å²) < 4.78 is 0. The quantitative estimate of drug-likeness (QED) is 0.625. The van der Waals surface area contributed by atoms with Crippen LogP contribution in [0.3, 0.4) is 0 Å². The van der Waals surface area contributed by atoms with Gasteiger partial charge in [0.1, 0.15) is 0 Å². The van der Waals surface area contributed by atoms with Gasteiger partial charge in [0.05, 0.1) is 0 Å². The van der Waals surface area contributed by atoms with Crippen molar-refractivity contribution < 1.29 is 19.8 Å². The van der Waals surface area contributed by atoms with Gasteiger partial charge in [-0.25, -0.2) is 4.79 Å². The molecule has 0 rings (SSSR count). The van der Waals surface area contributed by atoms with E-state index in [1.807, 2.05) is 0 Å². The fourth-order valence-electron chi connectivity index (χ4n) is 0.880. The van der Waals surface area contributed by atoms with E-state index in [2.05, 4.69) is 0 Å². The van der Waals surface area contributed by atoms with Gasteiger partial charge >= 0.3 is 12.1 Å². The third-order valence-electron chi connectivity index (χ3n) is 1.83. The molecule has 0 saturated carbocycles. The van der Waals surface area contributed by atoms with Crippen molar-refractivity contribution in [2.45, 2.75) is 19.3 Å². The summed E-state index contributed by atoms with van der Waals surface area (Å²) in [5, 5.41) is 16.9. The number of thioether (sulfide) groups is 1. The maximum atomic E-state index is 10.4. The van der Waals surface area contributed by atoms with Crippen LogP contribution in [0.15, 0.2) is 0 Å². The highest BCUT2D eigenvalue weighted by molar-refractivity contribution is 7.99. The van der Waals surface area contributed by atoms with E-state index in [0.29, 0.717) is 13.0 Å². The van der Waals surface area contributed by atoms with Crippen LogP contribution in [0.2, 0.25) is 0 Å². The molecular weight excluding hydrogens is 218 g/mol. The van der Waals surface area contributed by atoms with E-state index >= 15 is 0 Å². The Morgan fingerprint density at radius 2 is 1.87 bits per heavy atom. The van der Waals surface area contributed by atoms with Crippen molar-refractivity contribution in [1.82, 2.24) is 4.90 Å². The molecule has 88 valence electrons. The van der Waals surface area contributed by atoms with Crippen molar-refractivity contribution in [2.75, 3.05) is 25.1 Å². The molecule has 0 heterocycles. The highest BCUT2D eigenvalue weighted by Gasteiger charge is 2.03. The zero-order valence-electron chi connectivity index (χ0n) is 8.81. The summed E-state index contributed by atoms with van der Waals surface area (Å²) in [7, 11) is 1.54. The lowest BCUT2D eigenvalue weighted by atomic mass is 10.3. The third-order valence-corrected chi connectivity index (χ3v) is 2.88. The summed E-state index contributed by atoms with van der Waals surface area (Å²) in [5.41, 5.74) is 0. The number of carbonyl (C=O) groups is 2. The van der Waals surface area contributed by atoms with Gasteiger partial charge < -0.3 is 15.1 Å². The van der Waals surface area contributed by atoms with Gasteiger partial charge in [-0.3, -0.25) is 4.79 Å². The predicted octanol–water partition coefficient (Wildman–Crippen LogP) is 1.58. The summed E-state index contributed by atoms with van der Waals surface area (Å²) in [6.45, 7) is 0.513. The molecule has 15 heavy (non-hydrogen) atoms. The van der Waals surface area contributed by atoms with E-state index in [0.717, 1.165) is 17.9 Å². The molecular formula is C9H17NO4S. The van der Waals surface area contributed by atoms with Crippen molar-refractivity contribution in [2.24, 2.45) is 0 Å². The molecule has 0 aromatic rings. The first-order chi connectivity index (χ1) is 7.04. The first-order valence-electron chi connectivity index (χ1n) is 4.77. The molecule has 0 saturated heterocycles. The number of hydrogen-bond acceptors (Lipinski definition) is 3. The molecule has 0 atom stereocenters. The first-order valence-corrected chi connectivity index (χ1v) is 5.93. The van der Waals surface area contributed by atoms with Gasteiger partial charge in [0.15, 0.2) is 0 Å². The Morgan fingerprint density at radius 3 is 2.40 bits per heavy atom. The second-order valence-corrected chi connectivity index (χ2v) is 4.39. The predicted molar refractivity (Wildman–Crippen MR) is 59.5 cm³/mol. The fourth-order valence-corrected chi connectivity index (χ4v) is 1.89. The van der Waals surface area contributed by atoms with E-state index in [9.17, 15) is 9.59 Å². The first kappa shape index (κ1) is 14.1. The van der Waals surface area contributed by atoms with E-state index in [-0.39, 0.29) is 6.42 Å². The molecule has 0 spiro atoms. The molecule has 0 aliphatic heterocycles. The summed E-state index contributed by atoms with van der Waals surface area (Å²) in [6.07, 6.45) is 0.863. The van der Waals surface area contributed by atoms with Gasteiger partial charge in [0, 0.05) is 25.8 Å². The molecule has 0 unspecified atom stereocenters. The van der Waals surface area contributed by atoms with Crippen molar-refractivity contribution in [3.05, 3.63) is 0 Å². The van der Waals surface area contributed by atoms with Crippen molar-refractivity contribution in [3.8, 4) is 0 Å². The van der Waals surface area contributed by atoms with Gasteiger partial charge in [-0.1, -0.05) is 0 Å². The van der Waals surface area contributed by atoms with E-state index < -0.39 is 12.1 Å². The standard InChI is InChI=1S/C9H17NO4S/c1-10(9(13)14)5-7-15-6-3-2-4-8(11)12/h2-7H2,1H3,(H,11,12)(H,13,14). The second kappa shape index (κ2) is 8.40. The van der Waals surface area contributed by atoms with E-state index in [4.69, 9.17) is 10.2 Å². The molecule has 5 nitrogen and oxygen atoms in total. The van der Waals surface area contributed by atoms with Crippen LogP contribution >= 0.6 is 11.8 Å². The number of carboxylic acid groups (broad SMARTS) is 2.